The third-order valence-corrected chi connectivity index (χ3v) is 2.17. The van der Waals surface area contributed by atoms with Crippen molar-refractivity contribution in [1.29, 1.82) is 0 Å². The van der Waals surface area contributed by atoms with Gasteiger partial charge in [-0.1, -0.05) is 12.1 Å². The fourth-order valence-corrected chi connectivity index (χ4v) is 1.33. The molecule has 0 saturated heterocycles. The fraction of sp³-hybridized carbons (Fsp3) is 0.0909. The number of halogens is 1. The molecule has 3 nitrogen and oxygen atoms in total. The van der Waals surface area contributed by atoms with Crippen molar-refractivity contribution in [2.75, 3.05) is 0 Å². The normalized spacial score (nSPS) is 12.4. The molecule has 0 aliphatic heterocycles. The van der Waals surface area contributed by atoms with Crippen LogP contribution in [0.1, 0.15) is 17.2 Å². The molecule has 0 aliphatic carbocycles. The van der Waals surface area contributed by atoms with Crippen LogP contribution in [0.4, 0.5) is 4.39 Å². The molecule has 1 heterocycles. The second-order valence-electron chi connectivity index (χ2n) is 3.20. The number of hydrogen-bond donors (Lipinski definition) is 1. The van der Waals surface area contributed by atoms with Gasteiger partial charge in [0.25, 0.3) is 0 Å². The van der Waals surface area contributed by atoms with E-state index in [2.05, 4.69) is 9.97 Å². The summed E-state index contributed by atoms with van der Waals surface area (Å²) >= 11 is 0. The molecule has 0 radical (unpaired) electrons. The number of benzene rings is 1. The summed E-state index contributed by atoms with van der Waals surface area (Å²) in [5.74, 6) is -0.268. The number of aromatic nitrogens is 2. The molecule has 2 aromatic rings. The Kier molecular flexibility index (Phi) is 2.69. The Balaban J connectivity index is 2.29. The molecule has 76 valence electrons. The van der Waals surface area contributed by atoms with Crippen molar-refractivity contribution in [3.63, 3.8) is 0 Å². The number of nitrogens with two attached hydrogens (primary N) is 1. The van der Waals surface area contributed by atoms with Crippen LogP contribution in [0.3, 0.4) is 0 Å². The Hall–Kier alpha value is -1.81. The van der Waals surface area contributed by atoms with Crippen molar-refractivity contribution in [2.45, 2.75) is 6.04 Å². The van der Waals surface area contributed by atoms with Gasteiger partial charge in [-0.2, -0.15) is 0 Å². The molecule has 0 saturated carbocycles. The van der Waals surface area contributed by atoms with Gasteiger partial charge in [0.15, 0.2) is 0 Å². The van der Waals surface area contributed by atoms with E-state index >= 15 is 0 Å². The maximum atomic E-state index is 12.7. The van der Waals surface area contributed by atoms with Crippen LogP contribution in [0, 0.1) is 5.82 Å². The van der Waals surface area contributed by atoms with Crippen LogP contribution in [-0.4, -0.2) is 9.97 Å². The largest absolute Gasteiger partial charge is 0.320 e. The minimum atomic E-state index is -0.313. The van der Waals surface area contributed by atoms with E-state index in [1.165, 1.54) is 18.5 Å². The van der Waals surface area contributed by atoms with Gasteiger partial charge in [0.05, 0.1) is 6.04 Å². The van der Waals surface area contributed by atoms with Gasteiger partial charge in [0.1, 0.15) is 12.1 Å². The summed E-state index contributed by atoms with van der Waals surface area (Å²) in [7, 11) is 0. The zero-order valence-electron chi connectivity index (χ0n) is 7.97. The molecule has 0 aliphatic rings. The van der Waals surface area contributed by atoms with Gasteiger partial charge in [-0.3, -0.25) is 0 Å². The maximum Gasteiger partial charge on any atom is 0.123 e. The van der Waals surface area contributed by atoms with E-state index in [1.807, 2.05) is 0 Å². The van der Waals surface area contributed by atoms with Crippen LogP contribution in [-0.2, 0) is 0 Å². The lowest BCUT2D eigenvalue weighted by molar-refractivity contribution is 0.626. The van der Waals surface area contributed by atoms with Crippen LogP contribution in [0.2, 0.25) is 0 Å². The molecule has 0 bridgehead atoms. The maximum absolute atomic E-state index is 12.7. The van der Waals surface area contributed by atoms with Crippen molar-refractivity contribution in [3.8, 4) is 0 Å². The van der Waals surface area contributed by atoms with Gasteiger partial charge in [-0.15, -0.1) is 0 Å². The molecule has 0 amide bonds. The standard InChI is InChI=1S/C11H10FN3/c12-10-3-1-8(2-4-10)11(13)9-5-14-7-15-6-9/h1-7,11H,13H2. The number of hydrogen-bond acceptors (Lipinski definition) is 3. The molecule has 0 spiro atoms. The molecule has 15 heavy (non-hydrogen) atoms. The minimum absolute atomic E-state index is 0.268. The monoisotopic (exact) mass is 203 g/mol. The average Bonchev–Trinajstić information content (AvgIpc) is 2.30. The van der Waals surface area contributed by atoms with E-state index < -0.39 is 0 Å². The van der Waals surface area contributed by atoms with E-state index in [1.54, 1.807) is 24.5 Å². The molecule has 1 unspecified atom stereocenters. The Bertz CT molecular complexity index is 427. The van der Waals surface area contributed by atoms with Crippen molar-refractivity contribution < 1.29 is 4.39 Å². The van der Waals surface area contributed by atoms with Gasteiger partial charge < -0.3 is 5.73 Å². The quantitative estimate of drug-likeness (QED) is 0.807. The lowest BCUT2D eigenvalue weighted by Gasteiger charge is -2.10. The lowest BCUT2D eigenvalue weighted by atomic mass is 10.0. The third kappa shape index (κ3) is 2.16. The van der Waals surface area contributed by atoms with Crippen LogP contribution in [0.25, 0.3) is 0 Å². The molecular formula is C11H10FN3. The first-order chi connectivity index (χ1) is 7.27. The van der Waals surface area contributed by atoms with E-state index in [-0.39, 0.29) is 11.9 Å². The van der Waals surface area contributed by atoms with Crippen LogP contribution < -0.4 is 5.73 Å². The Morgan fingerprint density at radius 3 is 2.20 bits per heavy atom. The van der Waals surface area contributed by atoms with Gasteiger partial charge in [0, 0.05) is 18.0 Å². The molecule has 2 rings (SSSR count). The predicted molar refractivity (Wildman–Crippen MR) is 54.5 cm³/mol. The summed E-state index contributed by atoms with van der Waals surface area (Å²) in [4.78, 5) is 7.77. The van der Waals surface area contributed by atoms with Crippen LogP contribution in [0.15, 0.2) is 43.0 Å². The Morgan fingerprint density at radius 1 is 1.00 bits per heavy atom. The highest BCUT2D eigenvalue weighted by molar-refractivity contribution is 5.28. The highest BCUT2D eigenvalue weighted by Crippen LogP contribution is 2.17. The van der Waals surface area contributed by atoms with Gasteiger partial charge >= 0.3 is 0 Å². The summed E-state index contributed by atoms with van der Waals surface area (Å²) < 4.78 is 12.7. The van der Waals surface area contributed by atoms with Crippen molar-refractivity contribution >= 4 is 0 Å². The Labute approximate surface area is 86.8 Å². The second kappa shape index (κ2) is 4.14. The van der Waals surface area contributed by atoms with Crippen LogP contribution in [0.5, 0.6) is 0 Å². The zero-order chi connectivity index (χ0) is 10.7. The first-order valence-electron chi connectivity index (χ1n) is 4.53. The second-order valence-corrected chi connectivity index (χ2v) is 3.20. The van der Waals surface area contributed by atoms with Crippen LogP contribution >= 0.6 is 0 Å². The molecule has 0 fully saturated rings. The first-order valence-corrected chi connectivity index (χ1v) is 4.53. The van der Waals surface area contributed by atoms with E-state index in [9.17, 15) is 4.39 Å². The van der Waals surface area contributed by atoms with E-state index in [0.717, 1.165) is 11.1 Å². The number of nitrogens with zero attached hydrogens (tertiary/aromatic N) is 2. The fourth-order valence-electron chi connectivity index (χ4n) is 1.33. The molecular weight excluding hydrogens is 193 g/mol. The number of rotatable bonds is 2. The van der Waals surface area contributed by atoms with E-state index in [0.29, 0.717) is 0 Å². The topological polar surface area (TPSA) is 51.8 Å². The van der Waals surface area contributed by atoms with Crippen molar-refractivity contribution in [2.24, 2.45) is 5.73 Å². The lowest BCUT2D eigenvalue weighted by Crippen LogP contribution is -2.12. The molecule has 1 aromatic heterocycles. The summed E-state index contributed by atoms with van der Waals surface area (Å²) in [6.07, 6.45) is 4.75. The first kappa shape index (κ1) is 9.73. The average molecular weight is 203 g/mol. The highest BCUT2D eigenvalue weighted by Gasteiger charge is 2.08. The smallest absolute Gasteiger partial charge is 0.123 e. The molecule has 2 N–H and O–H groups in total. The summed E-state index contributed by atoms with van der Waals surface area (Å²) in [5.41, 5.74) is 7.61. The zero-order valence-corrected chi connectivity index (χ0v) is 7.97. The third-order valence-electron chi connectivity index (χ3n) is 2.17. The van der Waals surface area contributed by atoms with Gasteiger partial charge in [0.2, 0.25) is 0 Å². The molecule has 1 atom stereocenters. The minimum Gasteiger partial charge on any atom is -0.320 e. The van der Waals surface area contributed by atoms with Crippen molar-refractivity contribution in [1.82, 2.24) is 9.97 Å². The van der Waals surface area contributed by atoms with E-state index in [4.69, 9.17) is 5.73 Å². The SMILES string of the molecule is NC(c1ccc(F)cc1)c1cncnc1. The van der Waals surface area contributed by atoms with Gasteiger partial charge in [-0.05, 0) is 17.7 Å². The highest BCUT2D eigenvalue weighted by atomic mass is 19.1. The molecule has 4 heteroatoms. The summed E-state index contributed by atoms with van der Waals surface area (Å²) in [6.45, 7) is 0. The summed E-state index contributed by atoms with van der Waals surface area (Å²) in [5, 5.41) is 0. The Morgan fingerprint density at radius 2 is 1.60 bits per heavy atom. The van der Waals surface area contributed by atoms with Crippen molar-refractivity contribution in [3.05, 3.63) is 59.9 Å². The predicted octanol–water partition coefficient (Wildman–Crippen LogP) is 1.66. The summed E-state index contributed by atoms with van der Waals surface area (Å²) in [6, 6.07) is 5.78. The van der Waals surface area contributed by atoms with Gasteiger partial charge in [-0.25, -0.2) is 14.4 Å². The molecule has 1 aromatic carbocycles.